The number of nitrogens with zero attached hydrogens (tertiary/aromatic N) is 3. The molecule has 5 nitrogen and oxygen atoms in total. The van der Waals surface area contributed by atoms with Gasteiger partial charge in [-0.05, 0) is 12.0 Å². The molecule has 0 spiro atoms. The Morgan fingerprint density at radius 2 is 2.47 bits per heavy atom. The van der Waals surface area contributed by atoms with Gasteiger partial charge in [0.05, 0.1) is 0 Å². The van der Waals surface area contributed by atoms with E-state index in [1.807, 2.05) is 16.9 Å². The first-order valence-electron chi connectivity index (χ1n) is 5.70. The quantitative estimate of drug-likeness (QED) is 0.758. The standard InChI is InChI=1S/C12H20N4O/c1-4-7-15(3)12(17)13-9-11(2)10-16-8-5-6-14-16/h4-6,8,11H,1,7,9-10H2,2-3H3,(H,13,17)/t11-/m0/s1. The molecule has 0 bridgehead atoms. The van der Waals surface area contributed by atoms with Crippen LogP contribution in [0.4, 0.5) is 4.79 Å². The van der Waals surface area contributed by atoms with E-state index in [1.54, 1.807) is 24.2 Å². The Bertz CT molecular complexity index is 347. The van der Waals surface area contributed by atoms with Gasteiger partial charge in [-0.2, -0.15) is 5.10 Å². The molecule has 0 saturated heterocycles. The van der Waals surface area contributed by atoms with Gasteiger partial charge in [0.25, 0.3) is 0 Å². The number of nitrogens with one attached hydrogen (secondary N) is 1. The van der Waals surface area contributed by atoms with E-state index in [9.17, 15) is 4.79 Å². The molecule has 1 rings (SSSR count). The number of likely N-dealkylation sites (N-methyl/N-ethyl adjacent to an activating group) is 1. The first-order valence-corrected chi connectivity index (χ1v) is 5.70. The first-order chi connectivity index (χ1) is 8.13. The fourth-order valence-electron chi connectivity index (χ4n) is 1.47. The number of amides is 2. The van der Waals surface area contributed by atoms with Crippen molar-refractivity contribution in [2.24, 2.45) is 5.92 Å². The molecule has 1 heterocycles. The molecule has 0 aliphatic rings. The number of carbonyl (C=O) groups excluding carboxylic acids is 1. The van der Waals surface area contributed by atoms with Crippen LogP contribution in [-0.4, -0.2) is 40.8 Å². The van der Waals surface area contributed by atoms with Gasteiger partial charge in [0, 0.05) is 39.1 Å². The molecular formula is C12H20N4O. The summed E-state index contributed by atoms with van der Waals surface area (Å²) < 4.78 is 1.87. The fraction of sp³-hybridized carbons (Fsp3) is 0.500. The lowest BCUT2D eigenvalue weighted by atomic mass is 10.2. The first kappa shape index (κ1) is 13.3. The van der Waals surface area contributed by atoms with Crippen molar-refractivity contribution in [1.29, 1.82) is 0 Å². The van der Waals surface area contributed by atoms with E-state index in [1.165, 1.54) is 0 Å². The Morgan fingerprint density at radius 3 is 3.06 bits per heavy atom. The third kappa shape index (κ3) is 4.72. The lowest BCUT2D eigenvalue weighted by molar-refractivity contribution is 0.210. The van der Waals surface area contributed by atoms with Crippen LogP contribution in [0.25, 0.3) is 0 Å². The maximum atomic E-state index is 11.6. The van der Waals surface area contributed by atoms with Gasteiger partial charge in [0.1, 0.15) is 0 Å². The molecular weight excluding hydrogens is 216 g/mol. The largest absolute Gasteiger partial charge is 0.338 e. The van der Waals surface area contributed by atoms with Crippen molar-refractivity contribution in [3.63, 3.8) is 0 Å². The Hall–Kier alpha value is -1.78. The van der Waals surface area contributed by atoms with Crippen LogP contribution in [0.3, 0.4) is 0 Å². The zero-order valence-electron chi connectivity index (χ0n) is 10.5. The number of urea groups is 1. The van der Waals surface area contributed by atoms with Crippen LogP contribution < -0.4 is 5.32 Å². The predicted molar refractivity (Wildman–Crippen MR) is 67.6 cm³/mol. The lowest BCUT2D eigenvalue weighted by Gasteiger charge is -2.18. The summed E-state index contributed by atoms with van der Waals surface area (Å²) in [5, 5.41) is 7.01. The highest BCUT2D eigenvalue weighted by Gasteiger charge is 2.09. The summed E-state index contributed by atoms with van der Waals surface area (Å²) >= 11 is 0. The lowest BCUT2D eigenvalue weighted by Crippen LogP contribution is -2.39. The van der Waals surface area contributed by atoms with Crippen LogP contribution >= 0.6 is 0 Å². The highest BCUT2D eigenvalue weighted by Crippen LogP contribution is 1.98. The van der Waals surface area contributed by atoms with Crippen LogP contribution in [0.1, 0.15) is 6.92 Å². The second-order valence-corrected chi connectivity index (χ2v) is 4.19. The van der Waals surface area contributed by atoms with Crippen LogP contribution in [-0.2, 0) is 6.54 Å². The molecule has 94 valence electrons. The minimum absolute atomic E-state index is 0.0720. The highest BCUT2D eigenvalue weighted by molar-refractivity contribution is 5.73. The van der Waals surface area contributed by atoms with Gasteiger partial charge in [-0.3, -0.25) is 4.68 Å². The molecule has 1 atom stereocenters. The smallest absolute Gasteiger partial charge is 0.317 e. The predicted octanol–water partition coefficient (Wildman–Crippen LogP) is 1.35. The van der Waals surface area contributed by atoms with Crippen LogP contribution in [0.2, 0.25) is 0 Å². The Morgan fingerprint density at radius 1 is 1.71 bits per heavy atom. The summed E-state index contributed by atoms with van der Waals surface area (Å²) in [4.78, 5) is 13.2. The molecule has 0 unspecified atom stereocenters. The maximum absolute atomic E-state index is 11.6. The van der Waals surface area contributed by atoms with Gasteiger partial charge in [0.2, 0.25) is 0 Å². The van der Waals surface area contributed by atoms with Gasteiger partial charge < -0.3 is 10.2 Å². The van der Waals surface area contributed by atoms with Crippen molar-refractivity contribution < 1.29 is 4.79 Å². The normalized spacial score (nSPS) is 11.9. The zero-order valence-corrected chi connectivity index (χ0v) is 10.5. The molecule has 0 fully saturated rings. The summed E-state index contributed by atoms with van der Waals surface area (Å²) in [5.74, 6) is 0.344. The van der Waals surface area contributed by atoms with Crippen LogP contribution in [0.15, 0.2) is 31.1 Å². The summed E-state index contributed by atoms with van der Waals surface area (Å²) in [6.45, 7) is 7.67. The van der Waals surface area contributed by atoms with Gasteiger partial charge in [-0.25, -0.2) is 4.79 Å². The van der Waals surface area contributed by atoms with Crippen molar-refractivity contribution in [3.05, 3.63) is 31.1 Å². The van der Waals surface area contributed by atoms with Crippen molar-refractivity contribution in [2.75, 3.05) is 20.1 Å². The van der Waals surface area contributed by atoms with Crippen LogP contribution in [0.5, 0.6) is 0 Å². The summed E-state index contributed by atoms with van der Waals surface area (Å²) in [6.07, 6.45) is 5.37. The molecule has 0 aliphatic carbocycles. The molecule has 1 aromatic heterocycles. The highest BCUT2D eigenvalue weighted by atomic mass is 16.2. The van der Waals surface area contributed by atoms with Crippen molar-refractivity contribution in [1.82, 2.24) is 20.0 Å². The molecule has 0 aromatic carbocycles. The van der Waals surface area contributed by atoms with E-state index in [2.05, 4.69) is 23.9 Å². The molecule has 0 aliphatic heterocycles. The monoisotopic (exact) mass is 236 g/mol. The van der Waals surface area contributed by atoms with Gasteiger partial charge >= 0.3 is 6.03 Å². The topological polar surface area (TPSA) is 50.2 Å². The Balaban J connectivity index is 2.25. The minimum Gasteiger partial charge on any atom is -0.338 e. The number of carbonyl (C=O) groups is 1. The number of hydrogen-bond donors (Lipinski definition) is 1. The third-order valence-corrected chi connectivity index (χ3v) is 2.41. The fourth-order valence-corrected chi connectivity index (χ4v) is 1.47. The van der Waals surface area contributed by atoms with Crippen molar-refractivity contribution >= 4 is 6.03 Å². The van der Waals surface area contributed by atoms with Gasteiger partial charge in [-0.15, -0.1) is 6.58 Å². The third-order valence-electron chi connectivity index (χ3n) is 2.41. The number of rotatable bonds is 6. The van der Waals surface area contributed by atoms with E-state index in [0.29, 0.717) is 19.0 Å². The average molecular weight is 236 g/mol. The molecule has 0 radical (unpaired) electrons. The maximum Gasteiger partial charge on any atom is 0.317 e. The molecule has 2 amide bonds. The molecule has 5 heteroatoms. The Labute approximate surface area is 102 Å². The average Bonchev–Trinajstić information content (AvgIpc) is 2.79. The van der Waals surface area contributed by atoms with Gasteiger partial charge in [0.15, 0.2) is 0 Å². The Kier molecular flexibility index (Phi) is 5.26. The van der Waals surface area contributed by atoms with E-state index in [-0.39, 0.29) is 6.03 Å². The zero-order chi connectivity index (χ0) is 12.7. The summed E-state index contributed by atoms with van der Waals surface area (Å²) in [5.41, 5.74) is 0. The van der Waals surface area contributed by atoms with Crippen molar-refractivity contribution in [3.8, 4) is 0 Å². The van der Waals surface area contributed by atoms with E-state index in [4.69, 9.17) is 0 Å². The van der Waals surface area contributed by atoms with E-state index < -0.39 is 0 Å². The molecule has 1 N–H and O–H groups in total. The minimum atomic E-state index is -0.0720. The summed E-state index contributed by atoms with van der Waals surface area (Å²) in [7, 11) is 1.75. The molecule has 17 heavy (non-hydrogen) atoms. The second-order valence-electron chi connectivity index (χ2n) is 4.19. The van der Waals surface area contributed by atoms with Crippen molar-refractivity contribution in [2.45, 2.75) is 13.5 Å². The van der Waals surface area contributed by atoms with E-state index >= 15 is 0 Å². The van der Waals surface area contributed by atoms with E-state index in [0.717, 1.165) is 6.54 Å². The molecule has 1 aromatic rings. The van der Waals surface area contributed by atoms with Gasteiger partial charge in [-0.1, -0.05) is 13.0 Å². The SMILES string of the molecule is C=CCN(C)C(=O)NC[C@H](C)Cn1cccn1. The number of hydrogen-bond acceptors (Lipinski definition) is 2. The molecule has 0 saturated carbocycles. The summed E-state index contributed by atoms with van der Waals surface area (Å²) in [6, 6.07) is 1.82. The van der Waals surface area contributed by atoms with Crippen LogP contribution in [0, 0.1) is 5.92 Å². The second kappa shape index (κ2) is 6.73. The number of aromatic nitrogens is 2.